The van der Waals surface area contributed by atoms with Gasteiger partial charge in [-0.3, -0.25) is 4.79 Å². The third kappa shape index (κ3) is 5.95. The van der Waals surface area contributed by atoms with E-state index in [4.69, 9.17) is 20.0 Å². The quantitative estimate of drug-likeness (QED) is 0.196. The lowest BCUT2D eigenvalue weighted by Crippen LogP contribution is -2.27. The summed E-state index contributed by atoms with van der Waals surface area (Å²) >= 11 is 0. The van der Waals surface area contributed by atoms with Gasteiger partial charge in [-0.15, -0.1) is 0 Å². The molecule has 2 aromatic heterocycles. The highest BCUT2D eigenvalue weighted by Crippen LogP contribution is 2.29. The number of benzene rings is 4. The van der Waals surface area contributed by atoms with Crippen molar-refractivity contribution in [2.45, 2.75) is 33.4 Å². The minimum atomic E-state index is -0.986. The second-order valence-corrected chi connectivity index (χ2v) is 11.3. The van der Waals surface area contributed by atoms with Crippen molar-refractivity contribution in [3.63, 3.8) is 0 Å². The van der Waals surface area contributed by atoms with Gasteiger partial charge in [0.15, 0.2) is 0 Å². The number of fused-ring (bicyclic) bond motifs is 2. The Morgan fingerprint density at radius 1 is 0.884 bits per heavy atom. The molecule has 6 aromatic rings. The van der Waals surface area contributed by atoms with Gasteiger partial charge in [-0.05, 0) is 66.9 Å². The molecule has 0 saturated carbocycles. The van der Waals surface area contributed by atoms with E-state index in [0.29, 0.717) is 30.3 Å². The van der Waals surface area contributed by atoms with Crippen LogP contribution in [0.25, 0.3) is 33.1 Å². The van der Waals surface area contributed by atoms with E-state index in [-0.39, 0.29) is 6.42 Å². The highest BCUT2D eigenvalue weighted by atomic mass is 16.5. The van der Waals surface area contributed by atoms with Crippen molar-refractivity contribution in [3.05, 3.63) is 126 Å². The zero-order chi connectivity index (χ0) is 30.0. The largest absolute Gasteiger partial charge is 0.487 e. The summed E-state index contributed by atoms with van der Waals surface area (Å²) in [7, 11) is 0. The molecule has 0 atom stereocenters. The van der Waals surface area contributed by atoms with Gasteiger partial charge >= 0.3 is 5.97 Å². The second-order valence-electron chi connectivity index (χ2n) is 11.3. The van der Waals surface area contributed by atoms with Crippen LogP contribution < -0.4 is 4.74 Å². The van der Waals surface area contributed by atoms with Crippen LogP contribution in [-0.4, -0.2) is 25.6 Å². The lowest BCUT2D eigenvalue weighted by Gasteiger charge is -2.19. The molecular weight excluding hydrogens is 536 g/mol. The Balaban J connectivity index is 1.27. The predicted octanol–water partition coefficient (Wildman–Crippen LogP) is 7.40. The third-order valence-corrected chi connectivity index (χ3v) is 7.66. The Labute approximate surface area is 249 Å². The Kier molecular flexibility index (Phi) is 7.35. The summed E-state index contributed by atoms with van der Waals surface area (Å²) in [6, 6.07) is 35.7. The molecule has 43 heavy (non-hydrogen) atoms. The van der Waals surface area contributed by atoms with Crippen LogP contribution in [-0.2, 0) is 24.4 Å². The zero-order valence-corrected chi connectivity index (χ0v) is 24.0. The molecule has 0 saturated heterocycles. The minimum absolute atomic E-state index is 0.275. The van der Waals surface area contributed by atoms with Crippen LogP contribution in [0, 0.1) is 16.7 Å². The highest BCUT2D eigenvalue weighted by Gasteiger charge is 2.30. The molecule has 7 nitrogen and oxygen atoms in total. The number of nitriles is 1. The number of aromatic nitrogens is 3. The molecule has 4 aromatic carbocycles. The number of aliphatic carboxylic acids is 1. The number of carboxylic acid groups (broad SMARTS) is 1. The summed E-state index contributed by atoms with van der Waals surface area (Å²) < 4.78 is 8.19. The maximum atomic E-state index is 12.0. The Morgan fingerprint density at radius 2 is 1.60 bits per heavy atom. The average molecular weight is 567 g/mol. The van der Waals surface area contributed by atoms with E-state index in [1.807, 2.05) is 78.9 Å². The molecule has 0 fully saturated rings. The van der Waals surface area contributed by atoms with Crippen LogP contribution in [0.15, 0.2) is 103 Å². The third-order valence-electron chi connectivity index (χ3n) is 7.66. The van der Waals surface area contributed by atoms with Crippen LogP contribution in [0.3, 0.4) is 0 Å². The summed E-state index contributed by atoms with van der Waals surface area (Å²) in [6.07, 6.45) is 0.275. The first kappa shape index (κ1) is 27.7. The normalized spacial score (nSPS) is 11.5. The highest BCUT2D eigenvalue weighted by molar-refractivity contribution is 5.79. The monoisotopic (exact) mass is 566 g/mol. The predicted molar refractivity (Wildman–Crippen MR) is 167 cm³/mol. The van der Waals surface area contributed by atoms with Gasteiger partial charge < -0.3 is 14.4 Å². The van der Waals surface area contributed by atoms with E-state index >= 15 is 0 Å². The number of hydrogen-bond donors (Lipinski definition) is 1. The first-order valence-electron chi connectivity index (χ1n) is 14.1. The van der Waals surface area contributed by atoms with Gasteiger partial charge in [0, 0.05) is 24.4 Å². The number of pyridine rings is 1. The molecule has 0 aliphatic heterocycles. The Morgan fingerprint density at radius 3 is 2.33 bits per heavy atom. The van der Waals surface area contributed by atoms with Crippen molar-refractivity contribution < 1.29 is 14.6 Å². The Bertz CT molecular complexity index is 1980. The van der Waals surface area contributed by atoms with Crippen molar-refractivity contribution in [3.8, 4) is 22.9 Å². The van der Waals surface area contributed by atoms with E-state index in [1.54, 1.807) is 13.8 Å². The number of rotatable bonds is 9. The topological polar surface area (TPSA) is 101 Å². The molecule has 0 bridgehead atoms. The van der Waals surface area contributed by atoms with E-state index in [2.05, 4.69) is 34.9 Å². The molecule has 7 heteroatoms. The SMILES string of the molecule is CC(C)(Cc1nc2cc(OCc3ccc4ccccc4n3)ccc2n1Cc1ccc(-c2ccc(C#N)cc2)cc1)C(=O)O. The maximum Gasteiger partial charge on any atom is 0.309 e. The molecular formula is C36H30N4O3. The summed E-state index contributed by atoms with van der Waals surface area (Å²) in [4.78, 5) is 21.6. The standard InChI is InChI=1S/C36H30N4O3/c1-36(2,35(41)42)20-34-39-32-19-30(43-23-29-16-15-28-5-3-4-6-31(28)38-29)17-18-33(32)40(34)22-25-9-13-27(14-10-25)26-11-7-24(21-37)8-12-26/h3-19H,20,22-23H2,1-2H3,(H,41,42). The fraction of sp³-hybridized carbons (Fsp3) is 0.167. The molecule has 212 valence electrons. The first-order chi connectivity index (χ1) is 20.8. The van der Waals surface area contributed by atoms with Gasteiger partial charge in [-0.25, -0.2) is 9.97 Å². The van der Waals surface area contributed by atoms with Gasteiger partial charge in [0.1, 0.15) is 18.2 Å². The van der Waals surface area contributed by atoms with Crippen LogP contribution in [0.2, 0.25) is 0 Å². The fourth-order valence-corrected chi connectivity index (χ4v) is 5.10. The molecule has 0 aliphatic rings. The lowest BCUT2D eigenvalue weighted by atomic mass is 9.89. The smallest absolute Gasteiger partial charge is 0.309 e. The summed E-state index contributed by atoms with van der Waals surface area (Å²) in [5, 5.41) is 20.0. The van der Waals surface area contributed by atoms with Crippen molar-refractivity contribution >= 4 is 27.9 Å². The number of para-hydroxylation sites is 1. The van der Waals surface area contributed by atoms with Crippen LogP contribution in [0.5, 0.6) is 5.75 Å². The molecule has 0 spiro atoms. The van der Waals surface area contributed by atoms with E-state index < -0.39 is 11.4 Å². The minimum Gasteiger partial charge on any atom is -0.487 e. The van der Waals surface area contributed by atoms with Crippen LogP contribution >= 0.6 is 0 Å². The van der Waals surface area contributed by atoms with E-state index in [1.165, 1.54) is 0 Å². The second kappa shape index (κ2) is 11.4. The van der Waals surface area contributed by atoms with Gasteiger partial charge in [0.25, 0.3) is 0 Å². The molecule has 2 heterocycles. The number of nitrogens with zero attached hydrogens (tertiary/aromatic N) is 4. The van der Waals surface area contributed by atoms with Crippen molar-refractivity contribution in [2.75, 3.05) is 0 Å². The zero-order valence-electron chi connectivity index (χ0n) is 24.0. The van der Waals surface area contributed by atoms with Crippen molar-refractivity contribution in [1.82, 2.24) is 14.5 Å². The van der Waals surface area contributed by atoms with E-state index in [0.717, 1.165) is 44.3 Å². The van der Waals surface area contributed by atoms with Gasteiger partial charge in [-0.1, -0.05) is 60.7 Å². The Hall–Kier alpha value is -5.48. The number of ether oxygens (including phenoxy) is 1. The van der Waals surface area contributed by atoms with Crippen LogP contribution in [0.4, 0.5) is 0 Å². The van der Waals surface area contributed by atoms with Crippen molar-refractivity contribution in [1.29, 1.82) is 5.26 Å². The number of imidazole rings is 1. The molecule has 0 radical (unpaired) electrons. The van der Waals surface area contributed by atoms with Gasteiger partial charge in [-0.2, -0.15) is 5.26 Å². The summed E-state index contributed by atoms with van der Waals surface area (Å²) in [6.45, 7) is 4.30. The van der Waals surface area contributed by atoms with Gasteiger partial charge in [0.05, 0.1) is 39.3 Å². The number of carboxylic acids is 1. The lowest BCUT2D eigenvalue weighted by molar-refractivity contribution is -0.146. The number of hydrogen-bond acceptors (Lipinski definition) is 5. The molecule has 0 amide bonds. The summed E-state index contributed by atoms with van der Waals surface area (Å²) in [5.74, 6) is 0.500. The van der Waals surface area contributed by atoms with E-state index in [9.17, 15) is 9.90 Å². The number of carbonyl (C=O) groups is 1. The molecule has 0 unspecified atom stereocenters. The molecule has 1 N–H and O–H groups in total. The average Bonchev–Trinajstić information content (AvgIpc) is 3.35. The van der Waals surface area contributed by atoms with Crippen molar-refractivity contribution in [2.24, 2.45) is 5.41 Å². The molecule has 6 rings (SSSR count). The fourth-order valence-electron chi connectivity index (χ4n) is 5.10. The first-order valence-corrected chi connectivity index (χ1v) is 14.1. The molecule has 0 aliphatic carbocycles. The van der Waals surface area contributed by atoms with Gasteiger partial charge in [0.2, 0.25) is 0 Å². The maximum absolute atomic E-state index is 12.0. The van der Waals surface area contributed by atoms with Crippen LogP contribution in [0.1, 0.15) is 36.5 Å². The summed E-state index contributed by atoms with van der Waals surface area (Å²) in [5.41, 5.74) is 6.20.